The van der Waals surface area contributed by atoms with Crippen LogP contribution in [0.2, 0.25) is 0 Å². The Morgan fingerprint density at radius 2 is 1.65 bits per heavy atom. The minimum atomic E-state index is -0.417. The van der Waals surface area contributed by atoms with Gasteiger partial charge in [-0.15, -0.1) is 0 Å². The molecule has 1 saturated heterocycles. The normalized spacial score (nSPS) is 56.0. The van der Waals surface area contributed by atoms with Gasteiger partial charge in [-0.2, -0.15) is 0 Å². The van der Waals surface area contributed by atoms with Gasteiger partial charge in [-0.05, 0) is 79.4 Å². The van der Waals surface area contributed by atoms with Crippen LogP contribution in [0.3, 0.4) is 0 Å². The summed E-state index contributed by atoms with van der Waals surface area (Å²) in [5.41, 5.74) is 0.384. The molecule has 1 N–H and O–H groups in total. The largest absolute Gasteiger partial charge is 0.462 e. The Labute approximate surface area is 206 Å². The van der Waals surface area contributed by atoms with E-state index in [1.165, 1.54) is 32.1 Å². The second kappa shape index (κ2) is 7.92. The van der Waals surface area contributed by atoms with Crippen LogP contribution < -0.4 is 0 Å². The maximum Gasteiger partial charge on any atom is 0.302 e. The van der Waals surface area contributed by atoms with Crippen molar-refractivity contribution in [2.45, 2.75) is 118 Å². The van der Waals surface area contributed by atoms with E-state index in [1.54, 1.807) is 14.0 Å². The Bertz CT molecular complexity index is 825. The van der Waals surface area contributed by atoms with Gasteiger partial charge in [0.1, 0.15) is 6.10 Å². The fourth-order valence-electron chi connectivity index (χ4n) is 11.1. The lowest BCUT2D eigenvalue weighted by Gasteiger charge is -2.71. The van der Waals surface area contributed by atoms with Gasteiger partial charge in [0.15, 0.2) is 6.29 Å². The first kappa shape index (κ1) is 25.0. The number of carbonyl (C=O) groups is 1. The van der Waals surface area contributed by atoms with Crippen molar-refractivity contribution in [2.24, 2.45) is 51.2 Å². The lowest BCUT2D eigenvalue weighted by Crippen LogP contribution is -2.69. The van der Waals surface area contributed by atoms with E-state index in [2.05, 4.69) is 41.5 Å². The summed E-state index contributed by atoms with van der Waals surface area (Å²) in [6.45, 7) is 16.0. The number of ether oxygens (including phenoxy) is 3. The summed E-state index contributed by atoms with van der Waals surface area (Å²) >= 11 is 0. The number of aliphatic hydroxyl groups is 1. The number of hydrogen-bond donors (Lipinski definition) is 1. The van der Waals surface area contributed by atoms with Crippen molar-refractivity contribution in [1.29, 1.82) is 0 Å². The highest BCUT2D eigenvalue weighted by Gasteiger charge is 2.73. The number of aliphatic hydroxyl groups excluding tert-OH is 1. The fourth-order valence-corrected chi connectivity index (χ4v) is 11.1. The number of fused-ring (bicyclic) bond motifs is 7. The van der Waals surface area contributed by atoms with Gasteiger partial charge >= 0.3 is 5.97 Å². The molecule has 0 unspecified atom stereocenters. The summed E-state index contributed by atoms with van der Waals surface area (Å²) in [5, 5.41) is 11.5. The van der Waals surface area contributed by atoms with Crippen molar-refractivity contribution >= 4 is 5.97 Å². The number of hydrogen-bond acceptors (Lipinski definition) is 5. The molecule has 0 radical (unpaired) electrons. The third-order valence-electron chi connectivity index (χ3n) is 12.3. The zero-order valence-electron chi connectivity index (χ0n) is 22.7. The summed E-state index contributed by atoms with van der Waals surface area (Å²) in [5.74, 6) is 1.25. The average Bonchev–Trinajstić information content (AvgIpc) is 3.08. The van der Waals surface area contributed by atoms with E-state index in [0.717, 1.165) is 12.8 Å². The third-order valence-corrected chi connectivity index (χ3v) is 12.3. The topological polar surface area (TPSA) is 65.0 Å². The number of esters is 1. The molecule has 194 valence electrons. The van der Waals surface area contributed by atoms with Crippen LogP contribution >= 0.6 is 0 Å². The quantitative estimate of drug-likeness (QED) is 0.527. The standard InChI is InChI=1S/C29H48O5/c1-16-23-18(31)14-21-28(6)13-10-19-26(3,4)11-9-12-27(19,5)20(28)15-22(34-17(2)30)29(21,7)24(23)25(32-8)33-16/h16,18-25,31H,9-15H2,1-8H3/t16-,18-,19-,20+,21-,22-,23+,24+,25-,27-,28+,29+/m0/s1. The smallest absolute Gasteiger partial charge is 0.302 e. The van der Waals surface area contributed by atoms with Crippen LogP contribution in [-0.4, -0.2) is 42.8 Å². The highest BCUT2D eigenvalue weighted by atomic mass is 16.7. The van der Waals surface area contributed by atoms with Crippen molar-refractivity contribution in [3.8, 4) is 0 Å². The molecular weight excluding hydrogens is 428 g/mol. The predicted octanol–water partition coefficient (Wildman–Crippen LogP) is 5.58. The highest BCUT2D eigenvalue weighted by molar-refractivity contribution is 5.66. The molecule has 1 aliphatic heterocycles. The van der Waals surface area contributed by atoms with E-state index < -0.39 is 6.10 Å². The maximum atomic E-state index is 12.5. The van der Waals surface area contributed by atoms with Gasteiger partial charge in [0.2, 0.25) is 0 Å². The molecule has 4 aliphatic carbocycles. The minimum Gasteiger partial charge on any atom is -0.462 e. The Kier molecular flexibility index (Phi) is 5.83. The van der Waals surface area contributed by atoms with E-state index in [-0.39, 0.29) is 58.5 Å². The van der Waals surface area contributed by atoms with Gasteiger partial charge < -0.3 is 19.3 Å². The van der Waals surface area contributed by atoms with Gasteiger partial charge in [-0.1, -0.05) is 41.0 Å². The van der Waals surface area contributed by atoms with Crippen molar-refractivity contribution < 1.29 is 24.1 Å². The van der Waals surface area contributed by atoms with Gasteiger partial charge in [-0.25, -0.2) is 0 Å². The Balaban J connectivity index is 1.64. The monoisotopic (exact) mass is 476 g/mol. The summed E-state index contributed by atoms with van der Waals surface area (Å²) in [7, 11) is 1.71. The summed E-state index contributed by atoms with van der Waals surface area (Å²) in [4.78, 5) is 12.5. The van der Waals surface area contributed by atoms with Crippen LogP contribution in [0.25, 0.3) is 0 Å². The predicted molar refractivity (Wildman–Crippen MR) is 131 cm³/mol. The molecule has 0 aromatic heterocycles. The second-order valence-corrected chi connectivity index (χ2v) is 14.1. The van der Waals surface area contributed by atoms with Crippen molar-refractivity contribution in [3.05, 3.63) is 0 Å². The summed E-state index contributed by atoms with van der Waals surface area (Å²) in [6, 6.07) is 0. The molecule has 5 rings (SSSR count). The van der Waals surface area contributed by atoms with Crippen LogP contribution in [-0.2, 0) is 19.0 Å². The van der Waals surface area contributed by atoms with E-state index >= 15 is 0 Å². The van der Waals surface area contributed by atoms with Gasteiger partial charge in [0.05, 0.1) is 12.2 Å². The zero-order chi connectivity index (χ0) is 24.8. The van der Waals surface area contributed by atoms with Crippen molar-refractivity contribution in [1.82, 2.24) is 0 Å². The molecule has 4 saturated carbocycles. The number of methoxy groups -OCH3 is 1. The maximum absolute atomic E-state index is 12.5. The Morgan fingerprint density at radius 3 is 2.29 bits per heavy atom. The average molecular weight is 477 g/mol. The summed E-state index contributed by atoms with van der Waals surface area (Å²) in [6.07, 6.45) is 6.91. The van der Waals surface area contributed by atoms with Gasteiger partial charge in [0, 0.05) is 31.3 Å². The molecule has 5 heteroatoms. The molecule has 0 amide bonds. The molecule has 0 aromatic carbocycles. The SMILES string of the molecule is CO[C@H]1O[C@@H](C)[C@H]2[C@H]1[C@@]1(C)[C@@H](OC(C)=O)C[C@@H]3[C@@]4(C)CCCC(C)(C)[C@@H]4CC[C@@]3(C)[C@@H]1C[C@@H]2O. The summed E-state index contributed by atoms with van der Waals surface area (Å²) < 4.78 is 18.4. The minimum absolute atomic E-state index is 0.00458. The highest BCUT2D eigenvalue weighted by Crippen LogP contribution is 2.74. The molecule has 0 spiro atoms. The van der Waals surface area contributed by atoms with E-state index in [4.69, 9.17) is 14.2 Å². The van der Waals surface area contributed by atoms with Crippen LogP contribution in [0.4, 0.5) is 0 Å². The van der Waals surface area contributed by atoms with Gasteiger partial charge in [-0.3, -0.25) is 4.79 Å². The fraction of sp³-hybridized carbons (Fsp3) is 0.966. The first-order chi connectivity index (χ1) is 15.8. The number of rotatable bonds is 2. The Hall–Kier alpha value is -0.650. The molecule has 5 nitrogen and oxygen atoms in total. The first-order valence-corrected chi connectivity index (χ1v) is 13.8. The molecule has 0 aromatic rings. The van der Waals surface area contributed by atoms with Crippen LogP contribution in [0, 0.1) is 51.2 Å². The van der Waals surface area contributed by atoms with Crippen molar-refractivity contribution in [3.63, 3.8) is 0 Å². The van der Waals surface area contributed by atoms with E-state index in [0.29, 0.717) is 17.3 Å². The van der Waals surface area contributed by atoms with Crippen molar-refractivity contribution in [2.75, 3.05) is 7.11 Å². The molecular formula is C29H48O5. The molecule has 1 heterocycles. The van der Waals surface area contributed by atoms with Gasteiger partial charge in [0.25, 0.3) is 0 Å². The lowest BCUT2D eigenvalue weighted by molar-refractivity contribution is -0.278. The molecule has 5 fully saturated rings. The molecule has 12 atom stereocenters. The van der Waals surface area contributed by atoms with E-state index in [1.807, 2.05) is 0 Å². The second-order valence-electron chi connectivity index (χ2n) is 14.1. The first-order valence-electron chi connectivity index (χ1n) is 13.8. The molecule has 34 heavy (non-hydrogen) atoms. The molecule has 5 aliphatic rings. The van der Waals surface area contributed by atoms with Crippen LogP contribution in [0.15, 0.2) is 0 Å². The number of carbonyl (C=O) groups excluding carboxylic acids is 1. The molecule has 0 bridgehead atoms. The third kappa shape index (κ3) is 3.18. The van der Waals surface area contributed by atoms with E-state index in [9.17, 15) is 9.90 Å². The Morgan fingerprint density at radius 1 is 0.971 bits per heavy atom. The van der Waals surface area contributed by atoms with Crippen LogP contribution in [0.1, 0.15) is 93.4 Å². The zero-order valence-corrected chi connectivity index (χ0v) is 22.7. The van der Waals surface area contributed by atoms with Crippen LogP contribution in [0.5, 0.6) is 0 Å². The lowest BCUT2D eigenvalue weighted by atomic mass is 9.34.